The number of hydrogen-bond donors (Lipinski definition) is 1. The van der Waals surface area contributed by atoms with Gasteiger partial charge in [0, 0.05) is 12.2 Å². The molecule has 0 aliphatic heterocycles. The first-order chi connectivity index (χ1) is 12.8. The molecule has 0 saturated carbocycles. The van der Waals surface area contributed by atoms with Crippen molar-refractivity contribution in [3.8, 4) is 0 Å². The fraction of sp³-hybridized carbons (Fsp3) is 0.450. The Balaban J connectivity index is 2.00. The second kappa shape index (κ2) is 9.55. The zero-order valence-corrected chi connectivity index (χ0v) is 17.0. The summed E-state index contributed by atoms with van der Waals surface area (Å²) in [5.74, 6) is -0.782. The zero-order valence-electron chi connectivity index (χ0n) is 16.2. The Morgan fingerprint density at radius 3 is 2.67 bits per heavy atom. The number of unbranched alkanes of at least 4 members (excludes halogenated alkanes) is 1. The van der Waals surface area contributed by atoms with Crippen molar-refractivity contribution >= 4 is 29.2 Å². The minimum Gasteiger partial charge on any atom is -0.452 e. The first-order valence-electron chi connectivity index (χ1n) is 9.13. The molecule has 0 atom stereocenters. The van der Waals surface area contributed by atoms with Crippen LogP contribution in [0.2, 0.25) is 5.15 Å². The molecule has 2 rings (SSSR count). The molecule has 2 aromatic rings. The molecular weight excluding hydrogens is 366 g/mol. The number of carbonyl (C=O) groups is 2. The smallest absolute Gasteiger partial charge is 0.343 e. The maximum Gasteiger partial charge on any atom is 0.343 e. The molecule has 6 nitrogen and oxygen atoms in total. The fourth-order valence-electron chi connectivity index (χ4n) is 2.75. The summed E-state index contributed by atoms with van der Waals surface area (Å²) < 4.78 is 6.75. The lowest BCUT2D eigenvalue weighted by molar-refractivity contribution is -0.119. The number of esters is 1. The number of hydrogen-bond acceptors (Lipinski definition) is 4. The highest BCUT2D eigenvalue weighted by molar-refractivity contribution is 6.32. The van der Waals surface area contributed by atoms with Gasteiger partial charge in [0.05, 0.1) is 5.69 Å². The van der Waals surface area contributed by atoms with Crippen LogP contribution in [0.5, 0.6) is 0 Å². The summed E-state index contributed by atoms with van der Waals surface area (Å²) >= 11 is 6.26. The summed E-state index contributed by atoms with van der Waals surface area (Å²) in [5.41, 5.74) is 2.44. The summed E-state index contributed by atoms with van der Waals surface area (Å²) in [6, 6.07) is 7.56. The van der Waals surface area contributed by atoms with Crippen LogP contribution < -0.4 is 5.32 Å². The van der Waals surface area contributed by atoms with E-state index in [1.54, 1.807) is 11.6 Å². The number of nitrogens with zero attached hydrogens (tertiary/aromatic N) is 2. The third kappa shape index (κ3) is 5.32. The van der Waals surface area contributed by atoms with Gasteiger partial charge in [0.2, 0.25) is 0 Å². The van der Waals surface area contributed by atoms with Crippen LogP contribution in [0.15, 0.2) is 24.3 Å². The van der Waals surface area contributed by atoms with Gasteiger partial charge in [-0.05, 0) is 30.9 Å². The Morgan fingerprint density at radius 2 is 2.00 bits per heavy atom. The van der Waals surface area contributed by atoms with Crippen molar-refractivity contribution in [1.82, 2.24) is 9.78 Å². The topological polar surface area (TPSA) is 73.2 Å². The second-order valence-electron chi connectivity index (χ2n) is 6.69. The number of aromatic nitrogens is 2. The predicted octanol–water partition coefficient (Wildman–Crippen LogP) is 4.56. The molecule has 0 saturated heterocycles. The van der Waals surface area contributed by atoms with Crippen molar-refractivity contribution in [2.24, 2.45) is 0 Å². The molecule has 0 aliphatic carbocycles. The van der Waals surface area contributed by atoms with Crippen molar-refractivity contribution < 1.29 is 14.3 Å². The molecule has 0 radical (unpaired) electrons. The highest BCUT2D eigenvalue weighted by Crippen LogP contribution is 2.24. The molecule has 0 unspecified atom stereocenters. The third-order valence-electron chi connectivity index (χ3n) is 4.18. The molecule has 0 aliphatic rings. The van der Waals surface area contributed by atoms with Crippen LogP contribution in [0.3, 0.4) is 0 Å². The number of carbonyl (C=O) groups excluding carboxylic acids is 2. The van der Waals surface area contributed by atoms with Gasteiger partial charge in [0.1, 0.15) is 10.7 Å². The standard InChI is InChI=1S/C20H26ClN3O3/c1-5-6-11-24-19(21)18(14(4)23-24)20(26)27-12-17(25)22-16-10-8-7-9-15(16)13(2)3/h7-10,13H,5-6,11-12H2,1-4H3,(H,22,25). The van der Waals surface area contributed by atoms with Crippen LogP contribution in [0.1, 0.15) is 61.1 Å². The van der Waals surface area contributed by atoms with Gasteiger partial charge in [-0.15, -0.1) is 0 Å². The Morgan fingerprint density at radius 1 is 1.30 bits per heavy atom. The highest BCUT2D eigenvalue weighted by Gasteiger charge is 2.22. The van der Waals surface area contributed by atoms with E-state index < -0.39 is 11.9 Å². The molecule has 0 fully saturated rings. The van der Waals surface area contributed by atoms with Crippen molar-refractivity contribution in [3.05, 3.63) is 46.2 Å². The minimum absolute atomic E-state index is 0.211. The van der Waals surface area contributed by atoms with Crippen molar-refractivity contribution in [2.75, 3.05) is 11.9 Å². The van der Waals surface area contributed by atoms with Crippen molar-refractivity contribution in [1.29, 1.82) is 0 Å². The lowest BCUT2D eigenvalue weighted by atomic mass is 10.0. The molecule has 1 aromatic heterocycles. The SMILES string of the molecule is CCCCn1nc(C)c(C(=O)OCC(=O)Nc2ccccc2C(C)C)c1Cl. The molecule has 27 heavy (non-hydrogen) atoms. The van der Waals surface area contributed by atoms with E-state index in [1.807, 2.05) is 38.1 Å². The number of amides is 1. The first-order valence-corrected chi connectivity index (χ1v) is 9.51. The average Bonchev–Trinajstić information content (AvgIpc) is 2.91. The summed E-state index contributed by atoms with van der Waals surface area (Å²) in [7, 11) is 0. The van der Waals surface area contributed by atoms with E-state index >= 15 is 0 Å². The number of anilines is 1. The van der Waals surface area contributed by atoms with Crippen molar-refractivity contribution in [3.63, 3.8) is 0 Å². The van der Waals surface area contributed by atoms with E-state index in [0.29, 0.717) is 12.2 Å². The number of halogens is 1. The molecule has 1 amide bonds. The van der Waals surface area contributed by atoms with E-state index in [0.717, 1.165) is 24.1 Å². The summed E-state index contributed by atoms with van der Waals surface area (Å²) in [4.78, 5) is 24.6. The highest BCUT2D eigenvalue weighted by atomic mass is 35.5. The van der Waals surface area contributed by atoms with E-state index in [2.05, 4.69) is 17.3 Å². The van der Waals surface area contributed by atoms with E-state index in [1.165, 1.54) is 0 Å². The zero-order chi connectivity index (χ0) is 20.0. The summed E-state index contributed by atoms with van der Waals surface area (Å²) in [5, 5.41) is 7.32. The molecule has 7 heteroatoms. The lowest BCUT2D eigenvalue weighted by Gasteiger charge is -2.13. The van der Waals surface area contributed by atoms with E-state index in [4.69, 9.17) is 16.3 Å². The molecule has 1 aromatic carbocycles. The van der Waals surface area contributed by atoms with Crippen LogP contribution in [0.25, 0.3) is 0 Å². The fourth-order valence-corrected chi connectivity index (χ4v) is 3.08. The Kier molecular flexibility index (Phi) is 7.42. The quantitative estimate of drug-likeness (QED) is 0.669. The van der Waals surface area contributed by atoms with Gasteiger partial charge in [-0.1, -0.05) is 57.0 Å². The molecule has 146 valence electrons. The van der Waals surface area contributed by atoms with Gasteiger partial charge in [0.15, 0.2) is 6.61 Å². The van der Waals surface area contributed by atoms with E-state index in [-0.39, 0.29) is 23.2 Å². The van der Waals surface area contributed by atoms with Crippen LogP contribution in [-0.2, 0) is 16.1 Å². The molecular formula is C20H26ClN3O3. The summed E-state index contributed by atoms with van der Waals surface area (Å²) in [6.45, 7) is 8.11. The second-order valence-corrected chi connectivity index (χ2v) is 7.05. The van der Waals surface area contributed by atoms with Gasteiger partial charge >= 0.3 is 5.97 Å². The maximum absolute atomic E-state index is 12.4. The number of benzene rings is 1. The lowest BCUT2D eigenvalue weighted by Crippen LogP contribution is -2.22. The normalized spacial score (nSPS) is 10.9. The largest absolute Gasteiger partial charge is 0.452 e. The monoisotopic (exact) mass is 391 g/mol. The maximum atomic E-state index is 12.4. The number of aryl methyl sites for hydroxylation is 2. The molecule has 1 N–H and O–H groups in total. The first kappa shape index (κ1) is 21.0. The number of para-hydroxylation sites is 1. The van der Waals surface area contributed by atoms with Gasteiger partial charge in [-0.25, -0.2) is 4.79 Å². The number of rotatable bonds is 8. The Bertz CT molecular complexity index is 815. The number of nitrogens with one attached hydrogen (secondary N) is 1. The van der Waals surface area contributed by atoms with Crippen LogP contribution in [-0.4, -0.2) is 28.3 Å². The summed E-state index contributed by atoms with van der Waals surface area (Å²) in [6.07, 6.45) is 1.90. The van der Waals surface area contributed by atoms with Crippen LogP contribution >= 0.6 is 11.6 Å². The third-order valence-corrected chi connectivity index (χ3v) is 4.57. The van der Waals surface area contributed by atoms with Gasteiger partial charge in [0.25, 0.3) is 5.91 Å². The molecule has 1 heterocycles. The average molecular weight is 392 g/mol. The van der Waals surface area contributed by atoms with Gasteiger partial charge < -0.3 is 10.1 Å². The molecule has 0 spiro atoms. The van der Waals surface area contributed by atoms with E-state index in [9.17, 15) is 9.59 Å². The predicted molar refractivity (Wildman–Crippen MR) is 106 cm³/mol. The Labute approximate surface area is 164 Å². The van der Waals surface area contributed by atoms with Crippen LogP contribution in [0.4, 0.5) is 5.69 Å². The van der Waals surface area contributed by atoms with Gasteiger partial charge in [-0.3, -0.25) is 9.48 Å². The number of ether oxygens (including phenoxy) is 1. The van der Waals surface area contributed by atoms with Gasteiger partial charge in [-0.2, -0.15) is 5.10 Å². The Hall–Kier alpha value is -2.34. The minimum atomic E-state index is -0.646. The van der Waals surface area contributed by atoms with Crippen molar-refractivity contribution in [2.45, 2.75) is 53.0 Å². The molecule has 0 bridgehead atoms. The van der Waals surface area contributed by atoms with Crippen LogP contribution in [0, 0.1) is 6.92 Å².